The molecule has 1 atom stereocenters. The van der Waals surface area contributed by atoms with Crippen molar-refractivity contribution in [1.29, 1.82) is 0 Å². The van der Waals surface area contributed by atoms with Crippen LogP contribution in [0.3, 0.4) is 0 Å². The third kappa shape index (κ3) is 2.37. The third-order valence-electron chi connectivity index (χ3n) is 3.61. The normalized spacial score (nSPS) is 19.0. The van der Waals surface area contributed by atoms with Crippen LogP contribution in [0.15, 0.2) is 27.9 Å². The first-order valence-electron chi connectivity index (χ1n) is 6.74. The smallest absolute Gasteiger partial charge is 0.203 e. The van der Waals surface area contributed by atoms with E-state index in [0.29, 0.717) is 5.39 Å². The molecule has 0 amide bonds. The second-order valence-corrected chi connectivity index (χ2v) is 8.18. The van der Waals surface area contributed by atoms with Crippen LogP contribution in [0, 0.1) is 5.82 Å². The Labute approximate surface area is 126 Å². The number of nitrogens with zero attached hydrogens (tertiary/aromatic N) is 2. The number of oxime groups is 1. The minimum Gasteiger partial charge on any atom is -0.389 e. The van der Waals surface area contributed by atoms with Gasteiger partial charge in [-0.15, -0.1) is 0 Å². The van der Waals surface area contributed by atoms with Gasteiger partial charge in [0.05, 0.1) is 0 Å². The second-order valence-electron chi connectivity index (χ2n) is 5.91. The van der Waals surface area contributed by atoms with Crippen molar-refractivity contribution in [2.45, 2.75) is 38.0 Å². The van der Waals surface area contributed by atoms with Crippen LogP contribution >= 0.6 is 0 Å². The van der Waals surface area contributed by atoms with E-state index in [4.69, 9.17) is 9.36 Å². The highest BCUT2D eigenvalue weighted by Gasteiger charge is 2.40. The maximum absolute atomic E-state index is 13.2. The van der Waals surface area contributed by atoms with Crippen molar-refractivity contribution in [3.63, 3.8) is 0 Å². The zero-order valence-corrected chi connectivity index (χ0v) is 13.1. The van der Waals surface area contributed by atoms with Gasteiger partial charge in [0.15, 0.2) is 10.6 Å². The molecule has 1 aromatic heterocycles. The molecule has 0 radical (unpaired) electrons. The van der Waals surface area contributed by atoms with Crippen LogP contribution in [0.25, 0.3) is 11.0 Å². The minimum atomic E-state index is -3.73. The van der Waals surface area contributed by atoms with E-state index < -0.39 is 26.5 Å². The molecule has 0 saturated heterocycles. The van der Waals surface area contributed by atoms with Crippen LogP contribution in [-0.4, -0.2) is 24.2 Å². The van der Waals surface area contributed by atoms with Crippen molar-refractivity contribution in [1.82, 2.24) is 5.16 Å². The van der Waals surface area contributed by atoms with E-state index in [1.54, 1.807) is 13.8 Å². The van der Waals surface area contributed by atoms with Gasteiger partial charge in [0.1, 0.15) is 22.4 Å². The average Bonchev–Trinajstić information content (AvgIpc) is 3.00. The summed E-state index contributed by atoms with van der Waals surface area (Å²) in [5.41, 5.74) is -0.193. The molecule has 2 heterocycles. The van der Waals surface area contributed by atoms with E-state index in [0.717, 1.165) is 0 Å². The Balaban J connectivity index is 2.00. The lowest BCUT2D eigenvalue weighted by Crippen LogP contribution is -2.25. The topological polar surface area (TPSA) is 81.8 Å². The fourth-order valence-electron chi connectivity index (χ4n) is 2.33. The summed E-state index contributed by atoms with van der Waals surface area (Å²) in [7, 11) is -3.73. The monoisotopic (exact) mass is 326 g/mol. The summed E-state index contributed by atoms with van der Waals surface area (Å²) in [5, 5.41) is 6.98. The van der Waals surface area contributed by atoms with Crippen molar-refractivity contribution >= 4 is 25.9 Å². The molecule has 1 aromatic carbocycles. The van der Waals surface area contributed by atoms with E-state index in [-0.39, 0.29) is 22.7 Å². The summed E-state index contributed by atoms with van der Waals surface area (Å²) in [4.78, 5) is 5.13. The van der Waals surface area contributed by atoms with E-state index in [9.17, 15) is 12.8 Å². The van der Waals surface area contributed by atoms with Gasteiger partial charge in [0.2, 0.25) is 9.84 Å². The van der Waals surface area contributed by atoms with Crippen LogP contribution in [0.4, 0.5) is 4.39 Å². The van der Waals surface area contributed by atoms with Gasteiger partial charge >= 0.3 is 0 Å². The fraction of sp³-hybridized carbons (Fsp3) is 0.429. The van der Waals surface area contributed by atoms with Crippen LogP contribution in [0.2, 0.25) is 0 Å². The highest BCUT2D eigenvalue weighted by Crippen LogP contribution is 2.34. The lowest BCUT2D eigenvalue weighted by molar-refractivity contribution is 0.0123. The summed E-state index contributed by atoms with van der Waals surface area (Å²) in [5.74, 6) is -0.471. The molecule has 0 bridgehead atoms. The van der Waals surface area contributed by atoms with Crippen LogP contribution in [0.1, 0.15) is 38.1 Å². The highest BCUT2D eigenvalue weighted by atomic mass is 32.2. The van der Waals surface area contributed by atoms with Gasteiger partial charge in [-0.05, 0) is 32.9 Å². The Morgan fingerprint density at radius 2 is 2.09 bits per heavy atom. The maximum Gasteiger partial charge on any atom is 0.203 e. The molecule has 3 rings (SSSR count). The zero-order valence-electron chi connectivity index (χ0n) is 12.3. The largest absolute Gasteiger partial charge is 0.389 e. The van der Waals surface area contributed by atoms with Gasteiger partial charge in [-0.3, -0.25) is 0 Å². The molecular formula is C14H15FN2O4S. The Hall–Kier alpha value is -1.96. The van der Waals surface area contributed by atoms with Gasteiger partial charge in [-0.2, -0.15) is 0 Å². The summed E-state index contributed by atoms with van der Waals surface area (Å²) < 4.78 is 43.5. The fourth-order valence-corrected chi connectivity index (χ4v) is 3.89. The minimum absolute atomic E-state index is 0.0109. The van der Waals surface area contributed by atoms with E-state index >= 15 is 0 Å². The number of hydrogen-bond donors (Lipinski definition) is 0. The summed E-state index contributed by atoms with van der Waals surface area (Å²) >= 11 is 0. The molecule has 0 fully saturated rings. The molecule has 0 aliphatic carbocycles. The molecule has 6 nitrogen and oxygen atoms in total. The Morgan fingerprint density at radius 1 is 1.36 bits per heavy atom. The van der Waals surface area contributed by atoms with Crippen molar-refractivity contribution in [2.75, 3.05) is 0 Å². The highest BCUT2D eigenvalue weighted by molar-refractivity contribution is 8.06. The predicted molar refractivity (Wildman–Crippen MR) is 78.5 cm³/mol. The molecule has 1 aliphatic rings. The van der Waals surface area contributed by atoms with Gasteiger partial charge in [0, 0.05) is 17.9 Å². The zero-order chi connectivity index (χ0) is 16.1. The Kier molecular flexibility index (Phi) is 3.24. The maximum atomic E-state index is 13.2. The molecule has 1 aliphatic heterocycles. The van der Waals surface area contributed by atoms with Crippen molar-refractivity contribution in [3.8, 4) is 0 Å². The third-order valence-corrected chi connectivity index (χ3v) is 5.64. The van der Waals surface area contributed by atoms with E-state index in [1.807, 2.05) is 0 Å². The molecule has 2 aromatic rings. The predicted octanol–water partition coefficient (Wildman–Crippen LogP) is 2.96. The second kappa shape index (κ2) is 4.77. The number of benzene rings is 1. The van der Waals surface area contributed by atoms with Crippen molar-refractivity contribution in [2.24, 2.45) is 5.16 Å². The van der Waals surface area contributed by atoms with Crippen LogP contribution in [-0.2, 0) is 14.7 Å². The summed E-state index contributed by atoms with van der Waals surface area (Å²) in [6.45, 7) is 5.03. The number of sulfone groups is 1. The average molecular weight is 326 g/mol. The Bertz CT molecular complexity index is 870. The summed E-state index contributed by atoms with van der Waals surface area (Å²) in [6.07, 6.45) is 0.198. The first kappa shape index (κ1) is 15.0. The van der Waals surface area contributed by atoms with Crippen molar-refractivity contribution < 1.29 is 22.2 Å². The van der Waals surface area contributed by atoms with E-state index in [2.05, 4.69) is 10.3 Å². The molecule has 0 N–H and O–H groups in total. The molecule has 8 heteroatoms. The number of rotatable bonds is 2. The first-order valence-corrected chi connectivity index (χ1v) is 8.29. The van der Waals surface area contributed by atoms with Gasteiger partial charge in [-0.25, -0.2) is 12.8 Å². The molecule has 118 valence electrons. The number of halogens is 1. The molecule has 1 unspecified atom stereocenters. The quantitative estimate of drug-likeness (QED) is 0.847. The number of fused-ring (bicyclic) bond motifs is 1. The first-order chi connectivity index (χ1) is 10.2. The number of aromatic nitrogens is 1. The van der Waals surface area contributed by atoms with Gasteiger partial charge < -0.3 is 9.36 Å². The molecular weight excluding hydrogens is 311 g/mol. The van der Waals surface area contributed by atoms with Crippen LogP contribution < -0.4 is 0 Å². The van der Waals surface area contributed by atoms with Gasteiger partial charge in [-0.1, -0.05) is 10.3 Å². The lowest BCUT2D eigenvalue weighted by Gasteiger charge is -2.14. The molecule has 0 spiro atoms. The lowest BCUT2D eigenvalue weighted by atomic mass is 10.1. The van der Waals surface area contributed by atoms with E-state index in [1.165, 1.54) is 25.1 Å². The van der Waals surface area contributed by atoms with Gasteiger partial charge in [0.25, 0.3) is 0 Å². The molecule has 22 heavy (non-hydrogen) atoms. The SMILES string of the molecule is CC(c1noc2cc(F)ccc12)S(=O)(=O)C1=NOC(C)(C)C1. The number of hydrogen-bond acceptors (Lipinski definition) is 6. The standard InChI is InChI=1S/C14H15FN2O4S/c1-8(22(18,19)12-7-14(2,3)21-16-12)13-10-5-4-9(15)6-11(10)20-17-13/h4-6,8H,7H2,1-3H3. The Morgan fingerprint density at radius 3 is 2.73 bits per heavy atom. The molecule has 0 saturated carbocycles. The van der Waals surface area contributed by atoms with Crippen molar-refractivity contribution in [3.05, 3.63) is 29.7 Å². The summed E-state index contributed by atoms with van der Waals surface area (Å²) in [6, 6.07) is 3.87. The van der Waals surface area contributed by atoms with Crippen LogP contribution in [0.5, 0.6) is 0 Å².